The highest BCUT2D eigenvalue weighted by molar-refractivity contribution is 7.07. The Morgan fingerprint density at radius 1 is 1.31 bits per heavy atom. The van der Waals surface area contributed by atoms with Gasteiger partial charge in [-0.25, -0.2) is 0 Å². The first-order valence-electron chi connectivity index (χ1n) is 4.71. The summed E-state index contributed by atoms with van der Waals surface area (Å²) in [6.07, 6.45) is 3.61. The zero-order valence-corrected chi connectivity index (χ0v) is 9.33. The van der Waals surface area contributed by atoms with E-state index in [1.165, 1.54) is 18.4 Å². The predicted molar refractivity (Wildman–Crippen MR) is 60.6 cm³/mol. The van der Waals surface area contributed by atoms with Gasteiger partial charge in [0.25, 0.3) is 0 Å². The van der Waals surface area contributed by atoms with Crippen molar-refractivity contribution in [3.8, 4) is 0 Å². The third kappa shape index (κ3) is 5.29. The van der Waals surface area contributed by atoms with E-state index in [9.17, 15) is 0 Å². The van der Waals surface area contributed by atoms with E-state index >= 15 is 0 Å². The summed E-state index contributed by atoms with van der Waals surface area (Å²) in [6, 6.07) is 2.16. The van der Waals surface area contributed by atoms with Gasteiger partial charge in [-0.15, -0.1) is 11.6 Å². The Balaban J connectivity index is 1.90. The molecule has 0 unspecified atom stereocenters. The lowest BCUT2D eigenvalue weighted by molar-refractivity contribution is 0.618. The van der Waals surface area contributed by atoms with Crippen molar-refractivity contribution in [2.24, 2.45) is 0 Å². The molecule has 0 amide bonds. The topological polar surface area (TPSA) is 12.0 Å². The molecular weight excluding hydrogens is 202 g/mol. The van der Waals surface area contributed by atoms with Gasteiger partial charge in [0, 0.05) is 12.4 Å². The third-order valence-electron chi connectivity index (χ3n) is 1.90. The summed E-state index contributed by atoms with van der Waals surface area (Å²) < 4.78 is 0. The summed E-state index contributed by atoms with van der Waals surface area (Å²) in [5, 5.41) is 7.71. The standard InChI is InChI=1S/C10H16ClNS/c11-5-2-1-3-6-12-8-10-4-7-13-9-10/h4,7,9,12H,1-3,5-6,8H2. The van der Waals surface area contributed by atoms with E-state index in [2.05, 4.69) is 22.1 Å². The van der Waals surface area contributed by atoms with Gasteiger partial charge in [-0.1, -0.05) is 6.42 Å². The van der Waals surface area contributed by atoms with E-state index in [1.54, 1.807) is 11.3 Å². The van der Waals surface area contributed by atoms with Crippen molar-refractivity contribution in [1.29, 1.82) is 0 Å². The maximum Gasteiger partial charge on any atom is 0.0223 e. The van der Waals surface area contributed by atoms with Gasteiger partial charge in [-0.2, -0.15) is 11.3 Å². The van der Waals surface area contributed by atoms with Crippen molar-refractivity contribution in [2.75, 3.05) is 12.4 Å². The lowest BCUT2D eigenvalue weighted by atomic mass is 10.2. The molecule has 1 nitrogen and oxygen atoms in total. The molecule has 0 saturated carbocycles. The summed E-state index contributed by atoms with van der Waals surface area (Å²) in [5.41, 5.74) is 1.39. The fourth-order valence-corrected chi connectivity index (χ4v) is 2.00. The molecule has 1 aromatic rings. The van der Waals surface area contributed by atoms with Crippen LogP contribution in [0.4, 0.5) is 0 Å². The fourth-order valence-electron chi connectivity index (χ4n) is 1.15. The molecule has 1 N–H and O–H groups in total. The molecule has 0 aliphatic rings. The van der Waals surface area contributed by atoms with Crippen molar-refractivity contribution in [2.45, 2.75) is 25.8 Å². The number of thiophene rings is 1. The summed E-state index contributed by atoms with van der Waals surface area (Å²) in [5.74, 6) is 0.796. The molecule has 0 fully saturated rings. The van der Waals surface area contributed by atoms with Crippen LogP contribution in [0.1, 0.15) is 24.8 Å². The zero-order chi connectivity index (χ0) is 9.36. The van der Waals surface area contributed by atoms with Crippen molar-refractivity contribution in [1.82, 2.24) is 5.32 Å². The van der Waals surface area contributed by atoms with Gasteiger partial charge < -0.3 is 5.32 Å². The molecule has 0 atom stereocenters. The summed E-state index contributed by atoms with van der Waals surface area (Å²) >= 11 is 7.33. The molecule has 0 aliphatic carbocycles. The molecule has 0 aliphatic heterocycles. The second kappa shape index (κ2) is 7.36. The van der Waals surface area contributed by atoms with Gasteiger partial charge in [0.2, 0.25) is 0 Å². The molecule has 0 radical (unpaired) electrons. The first kappa shape index (κ1) is 11.0. The van der Waals surface area contributed by atoms with Crippen molar-refractivity contribution in [3.05, 3.63) is 22.4 Å². The number of halogens is 1. The number of rotatable bonds is 7. The minimum absolute atomic E-state index is 0.796. The lowest BCUT2D eigenvalue weighted by Gasteiger charge is -2.01. The Kier molecular flexibility index (Phi) is 6.25. The lowest BCUT2D eigenvalue weighted by Crippen LogP contribution is -2.14. The zero-order valence-electron chi connectivity index (χ0n) is 7.76. The molecule has 3 heteroatoms. The maximum atomic E-state index is 5.58. The molecule has 1 rings (SSSR count). The first-order chi connectivity index (χ1) is 6.43. The van der Waals surface area contributed by atoms with Crippen molar-refractivity contribution < 1.29 is 0 Å². The van der Waals surface area contributed by atoms with Crippen LogP contribution in [0.15, 0.2) is 16.8 Å². The Bertz CT molecular complexity index is 199. The molecule has 0 spiro atoms. The smallest absolute Gasteiger partial charge is 0.0223 e. The van der Waals surface area contributed by atoms with Crippen LogP contribution in [-0.4, -0.2) is 12.4 Å². The van der Waals surface area contributed by atoms with E-state index in [-0.39, 0.29) is 0 Å². The minimum atomic E-state index is 0.796. The highest BCUT2D eigenvalue weighted by Crippen LogP contribution is 2.05. The number of nitrogens with one attached hydrogen (secondary N) is 1. The van der Waals surface area contributed by atoms with Crippen LogP contribution in [-0.2, 0) is 6.54 Å². The first-order valence-corrected chi connectivity index (χ1v) is 6.19. The molecule has 0 aromatic carbocycles. The second-order valence-electron chi connectivity index (χ2n) is 3.06. The fraction of sp³-hybridized carbons (Fsp3) is 0.600. The molecule has 13 heavy (non-hydrogen) atoms. The monoisotopic (exact) mass is 217 g/mol. The highest BCUT2D eigenvalue weighted by atomic mass is 35.5. The van der Waals surface area contributed by atoms with Crippen LogP contribution in [0.2, 0.25) is 0 Å². The van der Waals surface area contributed by atoms with E-state index in [0.717, 1.165) is 25.4 Å². The summed E-state index contributed by atoms with van der Waals surface area (Å²) in [6.45, 7) is 2.11. The molecule has 1 aromatic heterocycles. The number of alkyl halides is 1. The Morgan fingerprint density at radius 2 is 2.23 bits per heavy atom. The summed E-state index contributed by atoms with van der Waals surface area (Å²) in [4.78, 5) is 0. The Hall–Kier alpha value is -0.0500. The highest BCUT2D eigenvalue weighted by Gasteiger charge is 1.92. The van der Waals surface area contributed by atoms with Crippen LogP contribution < -0.4 is 5.32 Å². The van der Waals surface area contributed by atoms with E-state index in [4.69, 9.17) is 11.6 Å². The van der Waals surface area contributed by atoms with Crippen molar-refractivity contribution in [3.63, 3.8) is 0 Å². The Labute approximate surface area is 89.1 Å². The number of unbranched alkanes of at least 4 members (excludes halogenated alkanes) is 2. The molecule has 1 heterocycles. The van der Waals surface area contributed by atoms with E-state index < -0.39 is 0 Å². The summed E-state index contributed by atoms with van der Waals surface area (Å²) in [7, 11) is 0. The van der Waals surface area contributed by atoms with Gasteiger partial charge in [0.1, 0.15) is 0 Å². The van der Waals surface area contributed by atoms with Gasteiger partial charge >= 0.3 is 0 Å². The van der Waals surface area contributed by atoms with Gasteiger partial charge in [0.15, 0.2) is 0 Å². The van der Waals surface area contributed by atoms with Crippen LogP contribution >= 0.6 is 22.9 Å². The molecule has 0 saturated heterocycles. The normalized spacial score (nSPS) is 10.5. The minimum Gasteiger partial charge on any atom is -0.313 e. The molecular formula is C10H16ClNS. The van der Waals surface area contributed by atoms with Gasteiger partial charge in [0.05, 0.1) is 0 Å². The van der Waals surface area contributed by atoms with E-state index in [0.29, 0.717) is 0 Å². The van der Waals surface area contributed by atoms with Crippen molar-refractivity contribution >= 4 is 22.9 Å². The number of hydrogen-bond acceptors (Lipinski definition) is 2. The number of hydrogen-bond donors (Lipinski definition) is 1. The maximum absolute atomic E-state index is 5.58. The van der Waals surface area contributed by atoms with E-state index in [1.807, 2.05) is 0 Å². The predicted octanol–water partition coefficient (Wildman–Crippen LogP) is 3.25. The largest absolute Gasteiger partial charge is 0.313 e. The molecule has 0 bridgehead atoms. The van der Waals surface area contributed by atoms with Crippen LogP contribution in [0, 0.1) is 0 Å². The average molecular weight is 218 g/mol. The second-order valence-corrected chi connectivity index (χ2v) is 4.22. The van der Waals surface area contributed by atoms with Crippen LogP contribution in [0.5, 0.6) is 0 Å². The quantitative estimate of drug-likeness (QED) is 0.546. The van der Waals surface area contributed by atoms with Gasteiger partial charge in [-0.3, -0.25) is 0 Å². The Morgan fingerprint density at radius 3 is 2.92 bits per heavy atom. The van der Waals surface area contributed by atoms with Gasteiger partial charge in [-0.05, 0) is 41.8 Å². The third-order valence-corrected chi connectivity index (χ3v) is 2.90. The SMILES string of the molecule is ClCCCCCNCc1ccsc1. The average Bonchev–Trinajstić information content (AvgIpc) is 2.63. The van der Waals surface area contributed by atoms with Crippen LogP contribution in [0.25, 0.3) is 0 Å². The molecule has 74 valence electrons. The van der Waals surface area contributed by atoms with Crippen LogP contribution in [0.3, 0.4) is 0 Å².